The summed E-state index contributed by atoms with van der Waals surface area (Å²) in [4.78, 5) is 32.2. The lowest BCUT2D eigenvalue weighted by atomic mass is 9.92. The number of halogens is 3. The van der Waals surface area contributed by atoms with Gasteiger partial charge in [0.1, 0.15) is 53.5 Å². The van der Waals surface area contributed by atoms with Gasteiger partial charge in [0.2, 0.25) is 12.0 Å². The van der Waals surface area contributed by atoms with Crippen LogP contribution in [0.4, 0.5) is 4.39 Å². The number of aromatic nitrogens is 4. The summed E-state index contributed by atoms with van der Waals surface area (Å²) in [7, 11) is -2.66. The number of aryl methyl sites for hydroxylation is 1. The zero-order chi connectivity index (χ0) is 52.7. The van der Waals surface area contributed by atoms with E-state index in [-0.39, 0.29) is 64.3 Å². The molecule has 8 aromatic rings. The third-order valence-corrected chi connectivity index (χ3v) is 14.9. The van der Waals surface area contributed by atoms with Crippen LogP contribution >= 0.6 is 34.5 Å². The molecule has 0 aliphatic carbocycles. The van der Waals surface area contributed by atoms with Gasteiger partial charge in [-0.1, -0.05) is 71.2 Å². The second-order valence-electron chi connectivity index (χ2n) is 16.7. The number of phenolic OH excluding ortho intramolecular Hbond substituents is 1. The molecule has 15 nitrogen and oxygen atoms in total. The van der Waals surface area contributed by atoms with Crippen molar-refractivity contribution in [2.75, 3.05) is 26.9 Å². The smallest absolute Gasteiger partial charge is 0.345 e. The van der Waals surface area contributed by atoms with Crippen molar-refractivity contribution in [2.45, 2.75) is 50.9 Å². The molecule has 0 saturated carbocycles. The first-order valence-corrected chi connectivity index (χ1v) is 25.7. The Morgan fingerprint density at radius 3 is 2.31 bits per heavy atom. The van der Waals surface area contributed by atoms with Gasteiger partial charge < -0.3 is 33.9 Å². The van der Waals surface area contributed by atoms with E-state index in [9.17, 15) is 27.8 Å². The van der Waals surface area contributed by atoms with Gasteiger partial charge in [0.15, 0.2) is 11.6 Å². The molecule has 382 valence electrons. The van der Waals surface area contributed by atoms with E-state index in [2.05, 4.69) is 26.5 Å². The van der Waals surface area contributed by atoms with Gasteiger partial charge in [-0.25, -0.2) is 29.1 Å². The predicted molar refractivity (Wildman–Crippen MR) is 280 cm³/mol. The first-order valence-electron chi connectivity index (χ1n) is 22.7. The monoisotopic (exact) mass is 1080 g/mol. The highest BCUT2D eigenvalue weighted by Crippen LogP contribution is 2.53. The van der Waals surface area contributed by atoms with Crippen LogP contribution in [0.2, 0.25) is 10.0 Å². The standard InChI is InChI=1S/C54H47Cl2FN4O11S2/c1-6-23-68-27-38(28-70-74(65,66)39-18-11-30(2)12-19-39)71-49-47(55)31(3)44(32(4)48(49)56)45-46-52(59-29-60-53(46)73-50(45)33-13-15-35(57)16-14-33)72-43(54(63)64)25-34-24-37(62)17-20-41(34)69-26-36-21-22-58-51(61-36)40-9-7-8-10-42(40)67-5/h6-22,24,29,38,43,62H,1,23,25-28H2,2-5H3,(H,63,64)/t38-,43?/m1/s1. The molecule has 20 heteroatoms. The van der Waals surface area contributed by atoms with Crippen LogP contribution < -0.4 is 18.9 Å². The van der Waals surface area contributed by atoms with Crippen LogP contribution in [-0.4, -0.2) is 83.7 Å². The van der Waals surface area contributed by atoms with Gasteiger partial charge >= 0.3 is 5.97 Å². The number of aromatic hydroxyl groups is 1. The molecule has 1 unspecified atom stereocenters. The Bertz CT molecular complexity index is 3440. The Labute approximate surface area is 439 Å². The third-order valence-electron chi connectivity index (χ3n) is 11.6. The van der Waals surface area contributed by atoms with E-state index in [4.69, 9.17) is 51.1 Å². The number of benzene rings is 5. The topological polar surface area (TPSA) is 199 Å². The number of aliphatic carboxylic acids is 1. The molecule has 0 aliphatic heterocycles. The van der Waals surface area contributed by atoms with Crippen molar-refractivity contribution in [1.82, 2.24) is 19.9 Å². The normalized spacial score (nSPS) is 12.3. The minimum absolute atomic E-state index is 0.0119. The molecule has 0 radical (unpaired) electrons. The number of carboxylic acid groups (broad SMARTS) is 1. The van der Waals surface area contributed by atoms with E-state index >= 15 is 0 Å². The van der Waals surface area contributed by atoms with E-state index in [1.54, 1.807) is 63.6 Å². The second kappa shape index (κ2) is 23.3. The molecule has 0 fully saturated rings. The first-order chi connectivity index (χ1) is 35.6. The van der Waals surface area contributed by atoms with Crippen LogP contribution in [0, 0.1) is 26.6 Å². The van der Waals surface area contributed by atoms with Crippen molar-refractivity contribution < 1.29 is 55.7 Å². The number of phenols is 1. The van der Waals surface area contributed by atoms with Gasteiger partial charge in [0, 0.05) is 28.6 Å². The lowest BCUT2D eigenvalue weighted by Crippen LogP contribution is -2.30. The fraction of sp³-hybridized carbons (Fsp3) is 0.204. The summed E-state index contributed by atoms with van der Waals surface area (Å²) in [5.41, 5.74) is 4.72. The molecule has 0 bridgehead atoms. The maximum absolute atomic E-state index is 14.5. The predicted octanol–water partition coefficient (Wildman–Crippen LogP) is 11.6. The van der Waals surface area contributed by atoms with Crippen molar-refractivity contribution >= 4 is 60.8 Å². The quantitative estimate of drug-likeness (QED) is 0.0369. The highest BCUT2D eigenvalue weighted by atomic mass is 35.5. The summed E-state index contributed by atoms with van der Waals surface area (Å²) < 4.78 is 76.5. The number of carbonyl (C=O) groups is 1. The molecule has 0 amide bonds. The zero-order valence-corrected chi connectivity index (χ0v) is 43.3. The van der Waals surface area contributed by atoms with Crippen LogP contribution in [0.1, 0.15) is 27.9 Å². The van der Waals surface area contributed by atoms with E-state index in [0.29, 0.717) is 71.3 Å². The Morgan fingerprint density at radius 2 is 1.61 bits per heavy atom. The fourth-order valence-electron chi connectivity index (χ4n) is 7.93. The minimum atomic E-state index is -4.22. The summed E-state index contributed by atoms with van der Waals surface area (Å²) in [5, 5.41) is 21.8. The van der Waals surface area contributed by atoms with Gasteiger partial charge in [-0.15, -0.1) is 17.9 Å². The minimum Gasteiger partial charge on any atom is -0.508 e. The Balaban J connectivity index is 1.15. The van der Waals surface area contributed by atoms with E-state index in [0.717, 1.165) is 5.56 Å². The molecule has 3 heterocycles. The van der Waals surface area contributed by atoms with Crippen LogP contribution in [0.15, 0.2) is 127 Å². The zero-order valence-electron chi connectivity index (χ0n) is 40.2. The summed E-state index contributed by atoms with van der Waals surface area (Å²) in [5.74, 6) is -0.836. The van der Waals surface area contributed by atoms with E-state index in [1.165, 1.54) is 66.2 Å². The highest BCUT2D eigenvalue weighted by molar-refractivity contribution is 7.86. The Hall–Kier alpha value is -7.19. The lowest BCUT2D eigenvalue weighted by molar-refractivity contribution is -0.145. The molecule has 8 rings (SSSR count). The summed E-state index contributed by atoms with van der Waals surface area (Å²) in [6.07, 6.45) is 1.39. The Kier molecular flexibility index (Phi) is 16.8. The molecule has 2 atom stereocenters. The highest BCUT2D eigenvalue weighted by Gasteiger charge is 2.32. The average Bonchev–Trinajstić information content (AvgIpc) is 3.78. The Morgan fingerprint density at radius 1 is 0.878 bits per heavy atom. The first kappa shape index (κ1) is 53.1. The van der Waals surface area contributed by atoms with Gasteiger partial charge in [-0.2, -0.15) is 8.42 Å². The van der Waals surface area contributed by atoms with E-state index in [1.807, 2.05) is 25.1 Å². The molecule has 3 aromatic heterocycles. The van der Waals surface area contributed by atoms with Crippen molar-refractivity contribution in [2.24, 2.45) is 0 Å². The lowest BCUT2D eigenvalue weighted by Gasteiger charge is -2.24. The van der Waals surface area contributed by atoms with Crippen LogP contribution in [0.5, 0.6) is 28.9 Å². The van der Waals surface area contributed by atoms with Crippen molar-refractivity contribution in [3.63, 3.8) is 0 Å². The number of rotatable bonds is 22. The van der Waals surface area contributed by atoms with Crippen molar-refractivity contribution in [3.05, 3.63) is 166 Å². The maximum atomic E-state index is 14.5. The molecule has 5 aromatic carbocycles. The SMILES string of the molecule is C=CCOC[C@H](COS(=O)(=O)c1ccc(C)cc1)Oc1c(Cl)c(C)c(-c2c(-c3ccc(F)cc3)sc3ncnc(OC(Cc4cc(O)ccc4OCc4ccnc(-c5ccccc5OC)n4)C(=O)O)c23)c(C)c1Cl. The molecule has 0 saturated heterocycles. The molecular formula is C54H47Cl2FN4O11S2. The summed E-state index contributed by atoms with van der Waals surface area (Å²) in [6, 6.07) is 25.3. The molecule has 0 aliphatic rings. The number of thiophene rings is 1. The molecule has 74 heavy (non-hydrogen) atoms. The summed E-state index contributed by atoms with van der Waals surface area (Å²) >= 11 is 15.6. The van der Waals surface area contributed by atoms with E-state index < -0.39 is 40.7 Å². The number of ether oxygens (including phenoxy) is 5. The van der Waals surface area contributed by atoms with Gasteiger partial charge in [0.25, 0.3) is 10.1 Å². The number of para-hydroxylation sites is 1. The molecule has 2 N–H and O–H groups in total. The van der Waals surface area contributed by atoms with Crippen molar-refractivity contribution in [3.8, 4) is 61.8 Å². The third kappa shape index (κ3) is 11.9. The largest absolute Gasteiger partial charge is 0.508 e. The van der Waals surface area contributed by atoms with Gasteiger partial charge in [-0.05, 0) is 104 Å². The molecule has 0 spiro atoms. The second-order valence-corrected chi connectivity index (χ2v) is 20.0. The number of carboxylic acids is 1. The van der Waals surface area contributed by atoms with Gasteiger partial charge in [-0.3, -0.25) is 4.18 Å². The van der Waals surface area contributed by atoms with Crippen LogP contribution in [0.3, 0.4) is 0 Å². The molecular weight excluding hydrogens is 1030 g/mol. The number of hydrogen-bond acceptors (Lipinski definition) is 15. The van der Waals surface area contributed by atoms with Crippen LogP contribution in [-0.2, 0) is 36.9 Å². The van der Waals surface area contributed by atoms with Crippen LogP contribution in [0.25, 0.3) is 43.2 Å². The van der Waals surface area contributed by atoms with Crippen molar-refractivity contribution in [1.29, 1.82) is 0 Å². The number of hydrogen-bond donors (Lipinski definition) is 2. The maximum Gasteiger partial charge on any atom is 0.345 e. The average molecular weight is 1080 g/mol. The number of methoxy groups -OCH3 is 1. The number of nitrogens with zero attached hydrogens (tertiary/aromatic N) is 4. The fourth-order valence-corrected chi connectivity index (χ4v) is 10.5. The van der Waals surface area contributed by atoms with Gasteiger partial charge in [0.05, 0.1) is 51.9 Å². The number of fused-ring (bicyclic) bond motifs is 1. The summed E-state index contributed by atoms with van der Waals surface area (Å²) in [6.45, 7) is 8.42.